The van der Waals surface area contributed by atoms with Gasteiger partial charge in [-0.3, -0.25) is 14.8 Å². The minimum absolute atomic E-state index is 0.0256. The summed E-state index contributed by atoms with van der Waals surface area (Å²) in [4.78, 5) is 14.4. The first kappa shape index (κ1) is 18.9. The quantitative estimate of drug-likeness (QED) is 0.469. The number of sulfonamides is 1. The molecule has 9 nitrogen and oxygen atoms in total. The zero-order chi connectivity index (χ0) is 19.6. The minimum Gasteiger partial charge on any atom is -0.494 e. The molecule has 3 aromatic rings. The Labute approximate surface area is 158 Å². The van der Waals surface area contributed by atoms with E-state index >= 15 is 0 Å². The summed E-state index contributed by atoms with van der Waals surface area (Å²) in [6.07, 6.45) is 0. The lowest BCUT2D eigenvalue weighted by Crippen LogP contribution is -2.13. The highest BCUT2D eigenvalue weighted by Crippen LogP contribution is 2.33. The van der Waals surface area contributed by atoms with Crippen LogP contribution in [-0.2, 0) is 10.0 Å². The van der Waals surface area contributed by atoms with Crippen LogP contribution < -0.4 is 14.2 Å². The fraction of sp³-hybridized carbons (Fsp3) is 0.188. The van der Waals surface area contributed by atoms with Gasteiger partial charge in [0.1, 0.15) is 5.75 Å². The molecule has 0 aliphatic heterocycles. The molecule has 2 aromatic carbocycles. The SMILES string of the molecule is CCOc1ccc2nc(NS(=O)(=O)c3ccc(OC)c([N+](=O)[O-])c3)sc2c1. The molecule has 0 unspecified atom stereocenters. The first-order chi connectivity index (χ1) is 12.8. The van der Waals surface area contributed by atoms with E-state index in [0.717, 1.165) is 22.1 Å². The van der Waals surface area contributed by atoms with Crippen molar-refractivity contribution >= 4 is 42.4 Å². The average Bonchev–Trinajstić information content (AvgIpc) is 3.02. The number of nitrogens with one attached hydrogen (secondary N) is 1. The van der Waals surface area contributed by atoms with E-state index in [4.69, 9.17) is 9.47 Å². The molecule has 0 amide bonds. The smallest absolute Gasteiger partial charge is 0.312 e. The number of aromatic nitrogens is 1. The summed E-state index contributed by atoms with van der Waals surface area (Å²) in [5.74, 6) is 0.635. The van der Waals surface area contributed by atoms with Crippen molar-refractivity contribution in [3.63, 3.8) is 0 Å². The molecule has 142 valence electrons. The van der Waals surface area contributed by atoms with Crippen LogP contribution in [0.15, 0.2) is 41.3 Å². The van der Waals surface area contributed by atoms with Gasteiger partial charge < -0.3 is 9.47 Å². The zero-order valence-corrected chi connectivity index (χ0v) is 16.0. The van der Waals surface area contributed by atoms with E-state index in [0.29, 0.717) is 17.9 Å². The number of benzene rings is 2. The van der Waals surface area contributed by atoms with E-state index in [1.54, 1.807) is 18.2 Å². The number of nitro benzene ring substituents is 1. The third-order valence-corrected chi connectivity index (χ3v) is 5.95. The van der Waals surface area contributed by atoms with Gasteiger partial charge in [-0.25, -0.2) is 13.4 Å². The van der Waals surface area contributed by atoms with Crippen LogP contribution in [0.5, 0.6) is 11.5 Å². The van der Waals surface area contributed by atoms with Crippen molar-refractivity contribution in [1.82, 2.24) is 4.98 Å². The third-order valence-electron chi connectivity index (χ3n) is 3.55. The summed E-state index contributed by atoms with van der Waals surface area (Å²) >= 11 is 1.14. The lowest BCUT2D eigenvalue weighted by atomic mass is 10.3. The van der Waals surface area contributed by atoms with E-state index in [1.807, 2.05) is 6.92 Å². The Hall–Kier alpha value is -2.92. The van der Waals surface area contributed by atoms with Crippen molar-refractivity contribution in [2.45, 2.75) is 11.8 Å². The molecule has 27 heavy (non-hydrogen) atoms. The summed E-state index contributed by atoms with van der Waals surface area (Å²) < 4.78 is 38.6. The van der Waals surface area contributed by atoms with Gasteiger partial charge in [-0.15, -0.1) is 0 Å². The Morgan fingerprint density at radius 3 is 2.70 bits per heavy atom. The Morgan fingerprint density at radius 2 is 2.04 bits per heavy atom. The second-order valence-corrected chi connectivity index (χ2v) is 7.99. The molecule has 0 atom stereocenters. The first-order valence-electron chi connectivity index (χ1n) is 7.72. The number of nitro groups is 1. The second kappa shape index (κ2) is 7.37. The van der Waals surface area contributed by atoms with Gasteiger partial charge in [-0.2, -0.15) is 0 Å². The largest absolute Gasteiger partial charge is 0.494 e. The van der Waals surface area contributed by atoms with Crippen LogP contribution in [0.25, 0.3) is 10.2 Å². The molecule has 0 aliphatic rings. The number of rotatable bonds is 7. The molecule has 0 spiro atoms. The van der Waals surface area contributed by atoms with Crippen LogP contribution in [0.2, 0.25) is 0 Å². The standard InChI is InChI=1S/C16H15N3O6S2/c1-3-25-10-4-6-12-15(8-10)26-16(17-12)18-27(22,23)11-5-7-14(24-2)13(9-11)19(20)21/h4-9H,3H2,1-2H3,(H,17,18). The molecule has 0 fully saturated rings. The molecule has 0 bridgehead atoms. The van der Waals surface area contributed by atoms with Crippen molar-refractivity contribution in [3.05, 3.63) is 46.5 Å². The van der Waals surface area contributed by atoms with Crippen LogP contribution >= 0.6 is 11.3 Å². The van der Waals surface area contributed by atoms with E-state index < -0.39 is 20.6 Å². The Morgan fingerprint density at radius 1 is 1.26 bits per heavy atom. The molecule has 0 radical (unpaired) electrons. The number of hydrogen-bond donors (Lipinski definition) is 1. The number of hydrogen-bond acceptors (Lipinski definition) is 8. The van der Waals surface area contributed by atoms with E-state index in [1.165, 1.54) is 19.2 Å². The van der Waals surface area contributed by atoms with Gasteiger partial charge in [0.2, 0.25) is 0 Å². The molecular weight excluding hydrogens is 394 g/mol. The molecule has 0 saturated carbocycles. The molecule has 11 heteroatoms. The minimum atomic E-state index is -4.06. The molecule has 1 N–H and O–H groups in total. The lowest BCUT2D eigenvalue weighted by molar-refractivity contribution is -0.386. The maximum Gasteiger partial charge on any atom is 0.312 e. The van der Waals surface area contributed by atoms with Crippen LogP contribution in [0.4, 0.5) is 10.8 Å². The zero-order valence-electron chi connectivity index (χ0n) is 14.3. The highest BCUT2D eigenvalue weighted by atomic mass is 32.2. The van der Waals surface area contributed by atoms with Crippen molar-refractivity contribution in [3.8, 4) is 11.5 Å². The van der Waals surface area contributed by atoms with Crippen LogP contribution in [0, 0.1) is 10.1 Å². The van der Waals surface area contributed by atoms with Gasteiger partial charge in [-0.05, 0) is 37.3 Å². The second-order valence-electron chi connectivity index (χ2n) is 5.28. The molecule has 0 saturated heterocycles. The lowest BCUT2D eigenvalue weighted by Gasteiger charge is -2.07. The van der Waals surface area contributed by atoms with Crippen molar-refractivity contribution in [1.29, 1.82) is 0 Å². The molecule has 3 rings (SSSR count). The van der Waals surface area contributed by atoms with Crippen molar-refractivity contribution < 1.29 is 22.8 Å². The summed E-state index contributed by atoms with van der Waals surface area (Å²) in [5, 5.41) is 11.3. The van der Waals surface area contributed by atoms with Gasteiger partial charge in [-0.1, -0.05) is 11.3 Å². The van der Waals surface area contributed by atoms with E-state index in [9.17, 15) is 18.5 Å². The molecule has 1 heterocycles. The number of anilines is 1. The predicted molar refractivity (Wildman–Crippen MR) is 101 cm³/mol. The highest BCUT2D eigenvalue weighted by molar-refractivity contribution is 7.93. The van der Waals surface area contributed by atoms with Gasteiger partial charge in [0.25, 0.3) is 10.0 Å². The highest BCUT2D eigenvalue weighted by Gasteiger charge is 2.23. The van der Waals surface area contributed by atoms with Crippen molar-refractivity contribution in [2.75, 3.05) is 18.4 Å². The maximum absolute atomic E-state index is 12.6. The Kier molecular flexibility index (Phi) is 5.15. The fourth-order valence-electron chi connectivity index (χ4n) is 2.36. The number of ether oxygens (including phenoxy) is 2. The number of nitrogens with zero attached hydrogens (tertiary/aromatic N) is 2. The summed E-state index contributed by atoms with van der Waals surface area (Å²) in [7, 11) is -2.79. The van der Waals surface area contributed by atoms with E-state index in [-0.39, 0.29) is 15.8 Å². The van der Waals surface area contributed by atoms with Gasteiger partial charge in [0, 0.05) is 6.07 Å². The Balaban J connectivity index is 1.93. The van der Waals surface area contributed by atoms with Crippen LogP contribution in [-0.4, -0.2) is 32.0 Å². The summed E-state index contributed by atoms with van der Waals surface area (Å²) in [6, 6.07) is 8.66. The van der Waals surface area contributed by atoms with Gasteiger partial charge >= 0.3 is 5.69 Å². The fourth-order valence-corrected chi connectivity index (χ4v) is 4.51. The van der Waals surface area contributed by atoms with Crippen molar-refractivity contribution in [2.24, 2.45) is 0 Å². The van der Waals surface area contributed by atoms with Gasteiger partial charge in [0.15, 0.2) is 10.9 Å². The summed E-state index contributed by atoms with van der Waals surface area (Å²) in [5.41, 5.74) is 0.174. The normalized spacial score (nSPS) is 11.3. The molecule has 1 aromatic heterocycles. The van der Waals surface area contributed by atoms with E-state index in [2.05, 4.69) is 9.71 Å². The average molecular weight is 409 g/mol. The predicted octanol–water partition coefficient (Wildman–Crippen LogP) is 3.41. The summed E-state index contributed by atoms with van der Waals surface area (Å²) in [6.45, 7) is 2.38. The molecule has 0 aliphatic carbocycles. The van der Waals surface area contributed by atoms with Crippen LogP contribution in [0.1, 0.15) is 6.92 Å². The number of methoxy groups -OCH3 is 1. The molecular formula is C16H15N3O6S2. The van der Waals surface area contributed by atoms with Crippen LogP contribution in [0.3, 0.4) is 0 Å². The number of fused-ring (bicyclic) bond motifs is 1. The van der Waals surface area contributed by atoms with Gasteiger partial charge in [0.05, 0.1) is 33.8 Å². The Bertz CT molecular complexity index is 1110. The number of thiazole rings is 1. The first-order valence-corrected chi connectivity index (χ1v) is 10.0. The monoisotopic (exact) mass is 409 g/mol. The topological polar surface area (TPSA) is 121 Å². The third kappa shape index (κ3) is 3.93. The maximum atomic E-state index is 12.6.